The number of hydrogen-bond acceptors (Lipinski definition) is 0. The summed E-state index contributed by atoms with van der Waals surface area (Å²) in [6.07, 6.45) is 0. The van der Waals surface area contributed by atoms with Gasteiger partial charge in [0.1, 0.15) is 0 Å². The Morgan fingerprint density at radius 1 is 0.739 bits per heavy atom. The van der Waals surface area contributed by atoms with Crippen LogP contribution in [0.15, 0.2) is 66.7 Å². The predicted octanol–water partition coefficient (Wildman–Crippen LogP) is 5.87. The lowest BCUT2D eigenvalue weighted by Crippen LogP contribution is -2.16. The van der Waals surface area contributed by atoms with Crippen molar-refractivity contribution in [2.45, 2.75) is 26.2 Å². The highest BCUT2D eigenvalue weighted by Crippen LogP contribution is 2.51. The standard InChI is InChI=1S/C22H20N/c1-15-11-13-16(14-12-15)23-20-10-6-8-18-17-7-4-5-9-19(17)22(2,3)21(18)20/h4-14H,1-3H3. The number of nitrogens with zero attached hydrogens (tertiary/aromatic N) is 1. The predicted molar refractivity (Wildman–Crippen MR) is 96.6 cm³/mol. The Morgan fingerprint density at radius 2 is 1.43 bits per heavy atom. The highest BCUT2D eigenvalue weighted by Gasteiger charge is 2.37. The number of hydrogen-bond donors (Lipinski definition) is 0. The van der Waals surface area contributed by atoms with Gasteiger partial charge in [-0.05, 0) is 47.4 Å². The molecular formula is C22H20N. The fourth-order valence-electron chi connectivity index (χ4n) is 3.67. The largest absolute Gasteiger partial charge is 0.249 e. The molecule has 0 fully saturated rings. The van der Waals surface area contributed by atoms with Crippen LogP contribution >= 0.6 is 0 Å². The lowest BCUT2D eigenvalue weighted by atomic mass is 9.81. The maximum absolute atomic E-state index is 4.93. The molecule has 0 saturated carbocycles. The molecule has 0 bridgehead atoms. The molecule has 23 heavy (non-hydrogen) atoms. The van der Waals surface area contributed by atoms with E-state index in [0.29, 0.717) is 0 Å². The smallest absolute Gasteiger partial charge is 0.0683 e. The summed E-state index contributed by atoms with van der Waals surface area (Å²) >= 11 is 0. The van der Waals surface area contributed by atoms with Crippen molar-refractivity contribution < 1.29 is 0 Å². The number of benzene rings is 3. The van der Waals surface area contributed by atoms with Gasteiger partial charge >= 0.3 is 0 Å². The minimum absolute atomic E-state index is 0.0171. The molecule has 0 aliphatic heterocycles. The Labute approximate surface area is 138 Å². The molecule has 0 saturated heterocycles. The van der Waals surface area contributed by atoms with Crippen molar-refractivity contribution in [1.82, 2.24) is 5.32 Å². The van der Waals surface area contributed by atoms with Crippen molar-refractivity contribution in [3.63, 3.8) is 0 Å². The zero-order chi connectivity index (χ0) is 16.0. The summed E-state index contributed by atoms with van der Waals surface area (Å²) in [6, 6.07) is 23.6. The number of aryl methyl sites for hydroxylation is 1. The number of rotatable bonds is 2. The van der Waals surface area contributed by atoms with Crippen molar-refractivity contribution in [1.29, 1.82) is 0 Å². The molecule has 0 amide bonds. The molecular weight excluding hydrogens is 278 g/mol. The van der Waals surface area contributed by atoms with Crippen molar-refractivity contribution >= 4 is 11.4 Å². The minimum atomic E-state index is -0.0171. The second-order valence-corrected chi connectivity index (χ2v) is 6.82. The van der Waals surface area contributed by atoms with Crippen molar-refractivity contribution in [2.75, 3.05) is 0 Å². The molecule has 0 unspecified atom stereocenters. The molecule has 0 N–H and O–H groups in total. The quantitative estimate of drug-likeness (QED) is 0.562. The van der Waals surface area contributed by atoms with Crippen LogP contribution < -0.4 is 5.32 Å². The third-order valence-corrected chi connectivity index (χ3v) is 4.84. The van der Waals surface area contributed by atoms with Gasteiger partial charge in [0.05, 0.1) is 11.4 Å². The molecule has 113 valence electrons. The summed E-state index contributed by atoms with van der Waals surface area (Å²) in [5.41, 5.74) is 8.71. The van der Waals surface area contributed by atoms with Gasteiger partial charge in [-0.1, -0.05) is 67.9 Å². The fourth-order valence-corrected chi connectivity index (χ4v) is 3.67. The fraction of sp³-hybridized carbons (Fsp3) is 0.182. The second kappa shape index (κ2) is 4.99. The summed E-state index contributed by atoms with van der Waals surface area (Å²) < 4.78 is 0. The SMILES string of the molecule is Cc1ccc([N]c2cccc3c2C(C)(C)c2ccccc2-3)cc1. The van der Waals surface area contributed by atoms with E-state index >= 15 is 0 Å². The van der Waals surface area contributed by atoms with Crippen LogP contribution in [0.25, 0.3) is 11.1 Å². The number of fused-ring (bicyclic) bond motifs is 3. The monoisotopic (exact) mass is 298 g/mol. The minimum Gasteiger partial charge on any atom is -0.249 e. The topological polar surface area (TPSA) is 14.1 Å². The Bertz CT molecular complexity index is 873. The third-order valence-electron chi connectivity index (χ3n) is 4.84. The van der Waals surface area contributed by atoms with E-state index in [9.17, 15) is 0 Å². The first-order valence-electron chi connectivity index (χ1n) is 8.09. The van der Waals surface area contributed by atoms with E-state index in [1.807, 2.05) is 0 Å². The van der Waals surface area contributed by atoms with Gasteiger partial charge in [-0.3, -0.25) is 0 Å². The first-order chi connectivity index (χ1) is 11.1. The maximum Gasteiger partial charge on any atom is 0.0683 e. The molecule has 1 heteroatoms. The summed E-state index contributed by atoms with van der Waals surface area (Å²) in [6.45, 7) is 6.70. The molecule has 1 nitrogen and oxygen atoms in total. The van der Waals surface area contributed by atoms with Crippen LogP contribution in [-0.2, 0) is 5.41 Å². The van der Waals surface area contributed by atoms with Crippen molar-refractivity contribution in [3.8, 4) is 11.1 Å². The van der Waals surface area contributed by atoms with E-state index in [1.54, 1.807) is 0 Å². The molecule has 0 atom stereocenters. The van der Waals surface area contributed by atoms with Gasteiger partial charge in [0.25, 0.3) is 0 Å². The van der Waals surface area contributed by atoms with Crippen molar-refractivity contribution in [2.24, 2.45) is 0 Å². The highest BCUT2D eigenvalue weighted by atomic mass is 14.9. The molecule has 1 aliphatic carbocycles. The van der Waals surface area contributed by atoms with Crippen LogP contribution in [0.3, 0.4) is 0 Å². The van der Waals surface area contributed by atoms with Gasteiger partial charge < -0.3 is 0 Å². The van der Waals surface area contributed by atoms with Crippen LogP contribution in [0.2, 0.25) is 0 Å². The normalized spacial score (nSPS) is 14.2. The Kier molecular flexibility index (Phi) is 3.05. The molecule has 1 radical (unpaired) electrons. The highest BCUT2D eigenvalue weighted by molar-refractivity contribution is 5.85. The van der Waals surface area contributed by atoms with Crippen molar-refractivity contribution in [3.05, 3.63) is 83.4 Å². The Morgan fingerprint density at radius 3 is 2.22 bits per heavy atom. The molecule has 1 aliphatic rings. The average molecular weight is 298 g/mol. The summed E-state index contributed by atoms with van der Waals surface area (Å²) in [5.74, 6) is 0. The summed E-state index contributed by atoms with van der Waals surface area (Å²) in [4.78, 5) is 0. The van der Waals surface area contributed by atoms with Gasteiger partial charge in [0, 0.05) is 5.41 Å². The zero-order valence-corrected chi connectivity index (χ0v) is 13.8. The molecule has 3 aromatic carbocycles. The van der Waals surface area contributed by atoms with E-state index in [2.05, 4.69) is 87.5 Å². The molecule has 0 heterocycles. The third kappa shape index (κ3) is 2.16. The van der Waals surface area contributed by atoms with E-state index < -0.39 is 0 Å². The van der Waals surface area contributed by atoms with Crippen LogP contribution in [-0.4, -0.2) is 0 Å². The zero-order valence-electron chi connectivity index (χ0n) is 13.8. The van der Waals surface area contributed by atoms with Gasteiger partial charge in [-0.15, -0.1) is 0 Å². The second-order valence-electron chi connectivity index (χ2n) is 6.82. The van der Waals surface area contributed by atoms with E-state index in [-0.39, 0.29) is 5.41 Å². The van der Waals surface area contributed by atoms with Gasteiger partial charge in [-0.25, -0.2) is 5.32 Å². The molecule has 0 aromatic heterocycles. The van der Waals surface area contributed by atoms with Crippen LogP contribution in [0, 0.1) is 6.92 Å². The Hall–Kier alpha value is -2.54. The average Bonchev–Trinajstić information content (AvgIpc) is 2.79. The summed E-state index contributed by atoms with van der Waals surface area (Å²) in [7, 11) is 0. The first kappa shape index (κ1) is 14.1. The molecule has 0 spiro atoms. The van der Waals surface area contributed by atoms with Gasteiger partial charge in [0.2, 0.25) is 0 Å². The van der Waals surface area contributed by atoms with Gasteiger partial charge in [0.15, 0.2) is 0 Å². The van der Waals surface area contributed by atoms with E-state index in [4.69, 9.17) is 5.32 Å². The lowest BCUT2D eigenvalue weighted by molar-refractivity contribution is 0.658. The first-order valence-corrected chi connectivity index (χ1v) is 8.09. The maximum atomic E-state index is 4.93. The Balaban J connectivity index is 1.85. The van der Waals surface area contributed by atoms with Crippen LogP contribution in [0.4, 0.5) is 11.4 Å². The van der Waals surface area contributed by atoms with E-state index in [1.165, 1.54) is 27.8 Å². The lowest BCUT2D eigenvalue weighted by Gasteiger charge is -2.23. The summed E-state index contributed by atoms with van der Waals surface area (Å²) in [5, 5.41) is 4.93. The molecule has 3 aromatic rings. The van der Waals surface area contributed by atoms with E-state index in [0.717, 1.165) is 11.4 Å². The van der Waals surface area contributed by atoms with Crippen LogP contribution in [0.1, 0.15) is 30.5 Å². The molecule has 4 rings (SSSR count). The van der Waals surface area contributed by atoms with Crippen LogP contribution in [0.5, 0.6) is 0 Å². The van der Waals surface area contributed by atoms with Gasteiger partial charge in [-0.2, -0.15) is 0 Å².